The van der Waals surface area contributed by atoms with Crippen LogP contribution in [-0.4, -0.2) is 38.6 Å². The van der Waals surface area contributed by atoms with Crippen molar-refractivity contribution < 1.29 is 17.6 Å². The average molecular weight is 481 g/mol. The third-order valence-corrected chi connectivity index (χ3v) is 7.12. The molecule has 0 atom stereocenters. The van der Waals surface area contributed by atoms with E-state index in [0.717, 1.165) is 11.3 Å². The van der Waals surface area contributed by atoms with Gasteiger partial charge in [0.25, 0.3) is 5.91 Å². The zero-order valence-electron chi connectivity index (χ0n) is 16.8. The molecule has 31 heavy (non-hydrogen) atoms. The van der Waals surface area contributed by atoms with E-state index in [1.54, 1.807) is 37.6 Å². The zero-order chi connectivity index (χ0) is 22.4. The summed E-state index contributed by atoms with van der Waals surface area (Å²) in [6.45, 7) is 1.17. The quantitative estimate of drug-likeness (QED) is 0.490. The van der Waals surface area contributed by atoms with E-state index in [-0.39, 0.29) is 28.1 Å². The molecule has 0 bridgehead atoms. The second kappa shape index (κ2) is 10.3. The summed E-state index contributed by atoms with van der Waals surface area (Å²) in [4.78, 5) is 13.7. The van der Waals surface area contributed by atoms with E-state index in [4.69, 9.17) is 27.6 Å². The highest BCUT2D eigenvalue weighted by Crippen LogP contribution is 2.26. The van der Waals surface area contributed by atoms with Crippen molar-refractivity contribution in [1.82, 2.24) is 10.2 Å². The van der Waals surface area contributed by atoms with Gasteiger partial charge in [0, 0.05) is 30.7 Å². The van der Waals surface area contributed by atoms with Crippen LogP contribution >= 0.6 is 23.2 Å². The van der Waals surface area contributed by atoms with E-state index in [1.165, 1.54) is 12.1 Å². The molecule has 0 aliphatic carbocycles. The van der Waals surface area contributed by atoms with Crippen LogP contribution in [0.5, 0.6) is 0 Å². The Morgan fingerprint density at radius 1 is 1.06 bits per heavy atom. The number of halogens is 2. The minimum atomic E-state index is -3.64. The Balaban J connectivity index is 1.76. The Hall–Kier alpha value is -2.32. The van der Waals surface area contributed by atoms with Crippen molar-refractivity contribution in [2.75, 3.05) is 19.3 Å². The van der Waals surface area contributed by atoms with Gasteiger partial charge in [-0.15, -0.1) is 0 Å². The lowest BCUT2D eigenvalue weighted by molar-refractivity contribution is 0.0963. The summed E-state index contributed by atoms with van der Waals surface area (Å²) in [5.41, 5.74) is 1.50. The van der Waals surface area contributed by atoms with Crippen LogP contribution in [0, 0.1) is 0 Å². The number of carbonyl (C=O) groups is 1. The van der Waals surface area contributed by atoms with E-state index in [1.807, 2.05) is 23.1 Å². The Morgan fingerprint density at radius 3 is 2.45 bits per heavy atom. The number of rotatable bonds is 9. The largest absolute Gasteiger partial charge is 0.468 e. The first-order valence-corrected chi connectivity index (χ1v) is 11.9. The summed E-state index contributed by atoms with van der Waals surface area (Å²) in [7, 11) is -2.07. The van der Waals surface area contributed by atoms with Gasteiger partial charge in [-0.1, -0.05) is 35.3 Å². The second-order valence-electron chi connectivity index (χ2n) is 6.96. The molecule has 164 valence electrons. The summed E-state index contributed by atoms with van der Waals surface area (Å²) in [5.74, 6) is 0.424. The number of furan rings is 1. The fourth-order valence-electron chi connectivity index (χ4n) is 3.08. The molecule has 0 saturated carbocycles. The maximum Gasteiger partial charge on any atom is 0.251 e. The molecule has 0 aliphatic heterocycles. The molecule has 1 heterocycles. The number of nitrogens with zero attached hydrogens (tertiary/aromatic N) is 1. The standard InChI is InChI=1S/C22H22Cl2N2O4S/c1-25-22(27)17-6-4-16(5-7-17)14-26(15-19-3-2-11-30-19)10-12-31(28,29)21-13-18(23)8-9-20(21)24/h2-9,11,13H,10,12,14-15H2,1H3,(H,25,27). The van der Waals surface area contributed by atoms with Crippen molar-refractivity contribution in [3.05, 3.63) is 87.8 Å². The molecule has 0 fully saturated rings. The lowest BCUT2D eigenvalue weighted by atomic mass is 10.1. The van der Waals surface area contributed by atoms with Crippen LogP contribution < -0.4 is 5.32 Å². The van der Waals surface area contributed by atoms with Crippen LogP contribution in [0.15, 0.2) is 70.2 Å². The molecule has 0 radical (unpaired) electrons. The first kappa shape index (κ1) is 23.3. The van der Waals surface area contributed by atoms with Gasteiger partial charge in [0.1, 0.15) is 5.76 Å². The molecular formula is C22H22Cl2N2O4S. The maximum atomic E-state index is 12.9. The number of carbonyl (C=O) groups excluding carboxylic acids is 1. The normalized spacial score (nSPS) is 11.6. The van der Waals surface area contributed by atoms with Crippen molar-refractivity contribution in [1.29, 1.82) is 0 Å². The number of hydrogen-bond donors (Lipinski definition) is 1. The fraction of sp³-hybridized carbons (Fsp3) is 0.227. The number of sulfone groups is 1. The average Bonchev–Trinajstić information content (AvgIpc) is 3.27. The van der Waals surface area contributed by atoms with Gasteiger partial charge in [-0.25, -0.2) is 8.42 Å². The molecule has 0 unspecified atom stereocenters. The SMILES string of the molecule is CNC(=O)c1ccc(CN(CCS(=O)(=O)c2cc(Cl)ccc2Cl)Cc2ccco2)cc1. The Labute approximate surface area is 191 Å². The molecule has 2 aromatic carbocycles. The zero-order valence-corrected chi connectivity index (χ0v) is 19.2. The molecule has 9 heteroatoms. The molecule has 1 N–H and O–H groups in total. The molecule has 0 aliphatic rings. The van der Waals surface area contributed by atoms with Crippen molar-refractivity contribution in [2.24, 2.45) is 0 Å². The minimum absolute atomic E-state index is 0.0227. The highest BCUT2D eigenvalue weighted by Gasteiger charge is 2.21. The predicted octanol–water partition coefficient (Wildman–Crippen LogP) is 4.42. The molecule has 1 aromatic heterocycles. The first-order chi connectivity index (χ1) is 14.8. The summed E-state index contributed by atoms with van der Waals surface area (Å²) < 4.78 is 31.2. The van der Waals surface area contributed by atoms with Gasteiger partial charge in [0.05, 0.1) is 28.5 Å². The van der Waals surface area contributed by atoms with Crippen molar-refractivity contribution in [2.45, 2.75) is 18.0 Å². The third kappa shape index (κ3) is 6.33. The highest BCUT2D eigenvalue weighted by atomic mass is 35.5. The van der Waals surface area contributed by atoms with E-state index in [2.05, 4.69) is 5.32 Å². The topological polar surface area (TPSA) is 79.6 Å². The summed E-state index contributed by atoms with van der Waals surface area (Å²) >= 11 is 12.1. The number of amides is 1. The molecule has 1 amide bonds. The third-order valence-electron chi connectivity index (χ3n) is 4.71. The summed E-state index contributed by atoms with van der Waals surface area (Å²) in [6.07, 6.45) is 1.58. The first-order valence-electron chi connectivity index (χ1n) is 9.52. The van der Waals surface area contributed by atoms with Gasteiger partial charge in [0.15, 0.2) is 9.84 Å². The lowest BCUT2D eigenvalue weighted by Gasteiger charge is -2.21. The van der Waals surface area contributed by atoms with Gasteiger partial charge in [-0.2, -0.15) is 0 Å². The smallest absolute Gasteiger partial charge is 0.251 e. The van der Waals surface area contributed by atoms with E-state index in [0.29, 0.717) is 23.7 Å². The summed E-state index contributed by atoms with van der Waals surface area (Å²) in [6, 6.07) is 15.2. The lowest BCUT2D eigenvalue weighted by Crippen LogP contribution is -2.29. The minimum Gasteiger partial charge on any atom is -0.468 e. The van der Waals surface area contributed by atoms with Crippen LogP contribution in [0.3, 0.4) is 0 Å². The Morgan fingerprint density at radius 2 is 1.81 bits per heavy atom. The van der Waals surface area contributed by atoms with Gasteiger partial charge < -0.3 is 9.73 Å². The Bertz CT molecular complexity index is 1130. The molecule has 0 spiro atoms. The molecule has 3 rings (SSSR count). The molecular weight excluding hydrogens is 459 g/mol. The van der Waals surface area contributed by atoms with E-state index >= 15 is 0 Å². The number of nitrogens with one attached hydrogen (secondary N) is 1. The van der Waals surface area contributed by atoms with Crippen molar-refractivity contribution >= 4 is 38.9 Å². The number of hydrogen-bond acceptors (Lipinski definition) is 5. The van der Waals surface area contributed by atoms with Crippen LogP contribution in [0.2, 0.25) is 10.0 Å². The van der Waals surface area contributed by atoms with Crippen LogP contribution in [0.1, 0.15) is 21.7 Å². The van der Waals surface area contributed by atoms with Gasteiger partial charge in [-0.05, 0) is 48.0 Å². The molecule has 0 saturated heterocycles. The van der Waals surface area contributed by atoms with E-state index in [9.17, 15) is 13.2 Å². The van der Waals surface area contributed by atoms with Crippen molar-refractivity contribution in [3.8, 4) is 0 Å². The van der Waals surface area contributed by atoms with Gasteiger partial charge in [-0.3, -0.25) is 9.69 Å². The van der Waals surface area contributed by atoms with Crippen LogP contribution in [-0.2, 0) is 22.9 Å². The van der Waals surface area contributed by atoms with Crippen LogP contribution in [0.25, 0.3) is 0 Å². The Kier molecular flexibility index (Phi) is 7.78. The van der Waals surface area contributed by atoms with Gasteiger partial charge >= 0.3 is 0 Å². The summed E-state index contributed by atoms with van der Waals surface area (Å²) in [5, 5.41) is 3.04. The monoisotopic (exact) mass is 480 g/mol. The fourth-order valence-corrected chi connectivity index (χ4v) is 5.17. The van der Waals surface area contributed by atoms with E-state index < -0.39 is 9.84 Å². The highest BCUT2D eigenvalue weighted by molar-refractivity contribution is 7.91. The van der Waals surface area contributed by atoms with Crippen LogP contribution in [0.4, 0.5) is 0 Å². The predicted molar refractivity (Wildman–Crippen MR) is 121 cm³/mol. The molecule has 3 aromatic rings. The number of benzene rings is 2. The maximum absolute atomic E-state index is 12.9. The molecule has 6 nitrogen and oxygen atoms in total. The van der Waals surface area contributed by atoms with Gasteiger partial charge in [0.2, 0.25) is 0 Å². The second-order valence-corrected chi connectivity index (χ2v) is 9.88. The van der Waals surface area contributed by atoms with Crippen molar-refractivity contribution in [3.63, 3.8) is 0 Å².